The average molecular weight is 204 g/mol. The lowest BCUT2D eigenvalue weighted by atomic mass is 10.0. The van der Waals surface area contributed by atoms with Gasteiger partial charge >= 0.3 is 0 Å². The fourth-order valence-electron chi connectivity index (χ4n) is 0.654. The van der Waals surface area contributed by atoms with Crippen LogP contribution in [0.4, 0.5) is 0 Å². The van der Waals surface area contributed by atoms with Gasteiger partial charge in [0.05, 0.1) is 0 Å². The van der Waals surface area contributed by atoms with Crippen LogP contribution < -0.4 is 16.8 Å². The predicted octanol–water partition coefficient (Wildman–Crippen LogP) is -1.02. The van der Waals surface area contributed by atoms with E-state index < -0.39 is 0 Å². The average Bonchev–Trinajstić information content (AvgIpc) is 2.05. The van der Waals surface area contributed by atoms with Crippen LogP contribution in [0.15, 0.2) is 0 Å². The molecule has 0 aliphatic carbocycles. The van der Waals surface area contributed by atoms with Crippen LogP contribution in [-0.2, 0) is 4.79 Å². The van der Waals surface area contributed by atoms with E-state index in [0.717, 1.165) is 13.1 Å². The molecule has 0 aromatic carbocycles. The van der Waals surface area contributed by atoms with Gasteiger partial charge in [-0.15, -0.1) is 0 Å². The molecule has 0 saturated carbocycles. The summed E-state index contributed by atoms with van der Waals surface area (Å²) in [4.78, 5) is 10.8. The Morgan fingerprint density at radius 3 is 2.14 bits per heavy atom. The molecule has 0 radical (unpaired) electrons. The van der Waals surface area contributed by atoms with Gasteiger partial charge in [0.25, 0.3) is 0 Å². The molecule has 0 atom stereocenters. The smallest absolute Gasteiger partial charge is 0.204 e. The number of likely N-dealkylation sites (N-methyl/N-ethyl adjacent to an activating group) is 1. The molecule has 0 heterocycles. The van der Waals surface area contributed by atoms with E-state index in [4.69, 9.17) is 10.5 Å². The second-order valence-corrected chi connectivity index (χ2v) is 3.81. The zero-order chi connectivity index (χ0) is 11.6. The molecule has 0 aliphatic heterocycles. The molecule has 5 nitrogen and oxygen atoms in total. The number of carbonyl (C=O) groups excluding carboxylic acids is 1. The number of primary amides is 1. The maximum Gasteiger partial charge on any atom is 0.204 e. The molecule has 0 rings (SSSR count). The second kappa shape index (κ2) is 8.93. The van der Waals surface area contributed by atoms with Crippen LogP contribution >= 0.6 is 0 Å². The van der Waals surface area contributed by atoms with Crippen molar-refractivity contribution in [3.05, 3.63) is 0 Å². The largest absolute Gasteiger partial charge is 0.372 e. The van der Waals surface area contributed by atoms with Crippen LogP contribution in [0.2, 0.25) is 0 Å². The molecular formula is C9H24N4O. The second-order valence-electron chi connectivity index (χ2n) is 3.81. The molecule has 0 saturated heterocycles. The van der Waals surface area contributed by atoms with Crippen molar-refractivity contribution in [1.29, 1.82) is 0 Å². The molecule has 1 amide bonds. The number of nitrogens with one attached hydrogen (secondary N) is 1. The van der Waals surface area contributed by atoms with Crippen LogP contribution in [0.1, 0.15) is 13.8 Å². The van der Waals surface area contributed by atoms with Crippen LogP contribution in [-0.4, -0.2) is 50.6 Å². The molecule has 5 heteroatoms. The van der Waals surface area contributed by atoms with E-state index in [0.29, 0.717) is 6.54 Å². The Balaban J connectivity index is 0. The molecule has 0 spiro atoms. The molecule has 0 aromatic rings. The summed E-state index contributed by atoms with van der Waals surface area (Å²) in [6.45, 7) is 7.00. The summed E-state index contributed by atoms with van der Waals surface area (Å²) >= 11 is 0. The van der Waals surface area contributed by atoms with Crippen molar-refractivity contribution in [2.75, 3.05) is 33.7 Å². The molecule has 0 fully saturated rings. The third kappa shape index (κ3) is 9.44. The number of hydrogen-bond acceptors (Lipinski definition) is 4. The number of nitrogens with zero attached hydrogens (tertiary/aromatic N) is 1. The van der Waals surface area contributed by atoms with E-state index in [1.807, 2.05) is 0 Å². The summed E-state index contributed by atoms with van der Waals surface area (Å²) in [6, 6.07) is 0. The maximum absolute atomic E-state index is 8.58. The Hall–Kier alpha value is -0.650. The van der Waals surface area contributed by atoms with E-state index >= 15 is 0 Å². The molecule has 0 unspecified atom stereocenters. The zero-order valence-corrected chi connectivity index (χ0v) is 9.71. The molecule has 0 aromatic heterocycles. The first-order valence-electron chi connectivity index (χ1n) is 4.66. The summed E-state index contributed by atoms with van der Waals surface area (Å²) in [6.07, 6.45) is 0.250. The number of hydrogen-bond donors (Lipinski definition) is 3. The lowest BCUT2D eigenvalue weighted by Gasteiger charge is -2.32. The van der Waals surface area contributed by atoms with Crippen molar-refractivity contribution in [3.8, 4) is 0 Å². The lowest BCUT2D eigenvalue weighted by Crippen LogP contribution is -2.47. The van der Waals surface area contributed by atoms with Gasteiger partial charge in [0.2, 0.25) is 6.41 Å². The topological polar surface area (TPSA) is 84.4 Å². The summed E-state index contributed by atoms with van der Waals surface area (Å²) in [5.41, 5.74) is 9.74. The van der Waals surface area contributed by atoms with Crippen LogP contribution in [0.5, 0.6) is 0 Å². The zero-order valence-electron chi connectivity index (χ0n) is 9.71. The minimum Gasteiger partial charge on any atom is -0.372 e. The van der Waals surface area contributed by atoms with Gasteiger partial charge in [0, 0.05) is 25.2 Å². The number of carbonyl (C=O) groups is 1. The van der Waals surface area contributed by atoms with E-state index in [-0.39, 0.29) is 11.9 Å². The highest BCUT2D eigenvalue weighted by Crippen LogP contribution is 2.06. The third-order valence-corrected chi connectivity index (χ3v) is 2.09. The quantitative estimate of drug-likeness (QED) is 0.395. The molecule has 86 valence electrons. The molecule has 14 heavy (non-hydrogen) atoms. The lowest BCUT2D eigenvalue weighted by molar-refractivity contribution is -0.106. The minimum absolute atomic E-state index is 0.217. The Kier molecular flexibility index (Phi) is 10.1. The standard InChI is InChI=1S/C8H21N3.CH3NO/c1-8(2,11(3)4)7-10-6-5-9;2-1-3/h10H,5-7,9H2,1-4H3;1H,(H2,2,3). The van der Waals surface area contributed by atoms with Crippen molar-refractivity contribution in [1.82, 2.24) is 10.2 Å². The van der Waals surface area contributed by atoms with Gasteiger partial charge in [-0.3, -0.25) is 4.79 Å². The minimum atomic E-state index is 0.217. The maximum atomic E-state index is 8.58. The van der Waals surface area contributed by atoms with Crippen molar-refractivity contribution in [2.45, 2.75) is 19.4 Å². The Morgan fingerprint density at radius 1 is 1.43 bits per heavy atom. The summed E-state index contributed by atoms with van der Waals surface area (Å²) in [5.74, 6) is 0. The van der Waals surface area contributed by atoms with Crippen molar-refractivity contribution >= 4 is 6.41 Å². The summed E-state index contributed by atoms with van der Waals surface area (Å²) in [5, 5.41) is 3.29. The Morgan fingerprint density at radius 2 is 1.86 bits per heavy atom. The van der Waals surface area contributed by atoms with Gasteiger partial charge in [0.15, 0.2) is 0 Å². The summed E-state index contributed by atoms with van der Waals surface area (Å²) < 4.78 is 0. The molecule has 0 bridgehead atoms. The fourth-order valence-corrected chi connectivity index (χ4v) is 0.654. The van der Waals surface area contributed by atoms with Gasteiger partial charge in [0.1, 0.15) is 0 Å². The van der Waals surface area contributed by atoms with Crippen LogP contribution in [0.3, 0.4) is 0 Å². The number of nitrogens with two attached hydrogens (primary N) is 2. The van der Waals surface area contributed by atoms with Gasteiger partial charge in [-0.05, 0) is 27.9 Å². The molecule has 0 aliphatic rings. The molecular weight excluding hydrogens is 180 g/mol. The van der Waals surface area contributed by atoms with Gasteiger partial charge < -0.3 is 21.7 Å². The molecule has 5 N–H and O–H groups in total. The summed E-state index contributed by atoms with van der Waals surface area (Å²) in [7, 11) is 4.17. The Labute approximate surface area is 86.8 Å². The third-order valence-electron chi connectivity index (χ3n) is 2.09. The Bertz CT molecular complexity index is 137. The monoisotopic (exact) mass is 204 g/mol. The van der Waals surface area contributed by atoms with E-state index in [9.17, 15) is 0 Å². The van der Waals surface area contributed by atoms with E-state index in [2.05, 4.69) is 43.9 Å². The SMILES string of the molecule is CN(C)C(C)(C)CNCCN.NC=O. The first kappa shape index (κ1) is 15.8. The van der Waals surface area contributed by atoms with Gasteiger partial charge in [-0.2, -0.15) is 0 Å². The highest BCUT2D eigenvalue weighted by molar-refractivity contribution is 5.42. The van der Waals surface area contributed by atoms with Crippen molar-refractivity contribution in [2.24, 2.45) is 11.5 Å². The highest BCUT2D eigenvalue weighted by Gasteiger charge is 2.18. The highest BCUT2D eigenvalue weighted by atomic mass is 16.1. The van der Waals surface area contributed by atoms with Crippen molar-refractivity contribution < 1.29 is 4.79 Å². The normalized spacial score (nSPS) is 10.7. The van der Waals surface area contributed by atoms with Gasteiger partial charge in [-0.1, -0.05) is 0 Å². The predicted molar refractivity (Wildman–Crippen MR) is 59.9 cm³/mol. The first-order valence-corrected chi connectivity index (χ1v) is 4.66. The van der Waals surface area contributed by atoms with Crippen LogP contribution in [0.25, 0.3) is 0 Å². The van der Waals surface area contributed by atoms with Gasteiger partial charge in [-0.25, -0.2) is 0 Å². The van der Waals surface area contributed by atoms with E-state index in [1.54, 1.807) is 0 Å². The number of rotatable bonds is 5. The first-order chi connectivity index (χ1) is 6.42. The van der Waals surface area contributed by atoms with Crippen molar-refractivity contribution in [3.63, 3.8) is 0 Å². The fraction of sp³-hybridized carbons (Fsp3) is 0.889. The van der Waals surface area contributed by atoms with E-state index in [1.165, 1.54) is 0 Å². The van der Waals surface area contributed by atoms with Crippen LogP contribution in [0, 0.1) is 0 Å². The number of amides is 1.